The highest BCUT2D eigenvalue weighted by atomic mass is 16.5. The lowest BCUT2D eigenvalue weighted by Crippen LogP contribution is -2.66. The van der Waals surface area contributed by atoms with Gasteiger partial charge in [0.25, 0.3) is 0 Å². The maximum atomic E-state index is 13.4. The highest BCUT2D eigenvalue weighted by molar-refractivity contribution is 5.90. The van der Waals surface area contributed by atoms with E-state index < -0.39 is 0 Å². The lowest BCUT2D eigenvalue weighted by Gasteiger charge is -2.56. The maximum Gasteiger partial charge on any atom is 0.226 e. The highest BCUT2D eigenvalue weighted by Gasteiger charge is 2.55. The summed E-state index contributed by atoms with van der Waals surface area (Å²) < 4.78 is 13.1. The predicted molar refractivity (Wildman–Crippen MR) is 134 cm³/mol. The van der Waals surface area contributed by atoms with E-state index >= 15 is 0 Å². The molecule has 3 aromatic rings. The molecule has 1 aliphatic carbocycles. The first-order valence-corrected chi connectivity index (χ1v) is 12.4. The number of nitrogens with zero attached hydrogens (tertiary/aromatic N) is 3. The lowest BCUT2D eigenvalue weighted by atomic mass is 9.68. The van der Waals surface area contributed by atoms with E-state index in [1.807, 2.05) is 23.1 Å². The van der Waals surface area contributed by atoms with Crippen LogP contribution in [0.5, 0.6) is 11.5 Å². The van der Waals surface area contributed by atoms with E-state index in [1.165, 1.54) is 16.5 Å². The van der Waals surface area contributed by atoms with Crippen LogP contribution in [0.15, 0.2) is 42.5 Å². The number of ether oxygens (including phenoxy) is 2. The molecule has 6 rings (SSSR count). The topological polar surface area (TPSA) is 67.2 Å². The second kappa shape index (κ2) is 8.28. The number of hydrogen-bond acceptors (Lipinski definition) is 5. The van der Waals surface area contributed by atoms with E-state index in [4.69, 9.17) is 9.47 Å². The third-order valence-electron chi connectivity index (χ3n) is 8.12. The molecule has 1 saturated carbocycles. The molecule has 0 bridgehead atoms. The van der Waals surface area contributed by atoms with Crippen molar-refractivity contribution in [2.45, 2.75) is 30.8 Å². The first-order valence-electron chi connectivity index (χ1n) is 12.4. The normalized spacial score (nSPS) is 21.1. The van der Waals surface area contributed by atoms with Crippen molar-refractivity contribution in [1.82, 2.24) is 14.4 Å². The number of likely N-dealkylation sites (tertiary alicyclic amines) is 1. The van der Waals surface area contributed by atoms with Crippen LogP contribution in [-0.4, -0.2) is 65.8 Å². The molecule has 2 aromatic carbocycles. The zero-order valence-corrected chi connectivity index (χ0v) is 20.7. The van der Waals surface area contributed by atoms with Crippen LogP contribution in [-0.2, 0) is 23.8 Å². The third-order valence-corrected chi connectivity index (χ3v) is 8.12. The number of rotatable bonds is 6. The average Bonchev–Trinajstić information content (AvgIpc) is 3.67. The molecule has 184 valence electrons. The average molecular weight is 476 g/mol. The van der Waals surface area contributed by atoms with Gasteiger partial charge in [-0.25, -0.2) is 0 Å². The minimum absolute atomic E-state index is 0.0731. The van der Waals surface area contributed by atoms with Gasteiger partial charge in [0, 0.05) is 61.7 Å². The van der Waals surface area contributed by atoms with Gasteiger partial charge in [-0.05, 0) is 48.2 Å². The monoisotopic (exact) mass is 475 g/mol. The molecule has 35 heavy (non-hydrogen) atoms. The number of aliphatic hydroxyl groups is 1. The molecule has 7 heteroatoms. The van der Waals surface area contributed by atoms with Gasteiger partial charge in [0.1, 0.15) is 11.5 Å². The van der Waals surface area contributed by atoms with Crippen molar-refractivity contribution in [3.05, 3.63) is 59.3 Å². The summed E-state index contributed by atoms with van der Waals surface area (Å²) in [6, 6.07) is 14.1. The van der Waals surface area contributed by atoms with Gasteiger partial charge in [-0.3, -0.25) is 9.69 Å². The second-order valence-electron chi connectivity index (χ2n) is 10.4. The molecule has 3 aliphatic rings. The molecule has 7 nitrogen and oxygen atoms in total. The molecule has 2 aliphatic heterocycles. The summed E-state index contributed by atoms with van der Waals surface area (Å²) in [5.41, 5.74) is 4.50. The number of aliphatic hydroxyl groups excluding tert-OH is 1. The molecule has 1 saturated heterocycles. The van der Waals surface area contributed by atoms with E-state index in [-0.39, 0.29) is 29.9 Å². The number of amides is 1. The second-order valence-corrected chi connectivity index (χ2v) is 10.4. The summed E-state index contributed by atoms with van der Waals surface area (Å²) in [6.07, 6.45) is 1.92. The molecule has 0 unspecified atom stereocenters. The SMILES string of the molecule is COc1cccc(CN2CC3(C2)CN(C(=O)C2CC2)[C@@H](CO)c2c3c3ccc(OC)cc3n2C)c1. The Hall–Kier alpha value is -3.03. The number of aryl methyl sites for hydroxylation is 1. The smallest absolute Gasteiger partial charge is 0.226 e. The number of carbonyl (C=O) groups is 1. The quantitative estimate of drug-likeness (QED) is 0.593. The Bertz CT molecular complexity index is 1290. The van der Waals surface area contributed by atoms with Crippen molar-refractivity contribution in [2.24, 2.45) is 13.0 Å². The summed E-state index contributed by atoms with van der Waals surface area (Å²) in [6.45, 7) is 3.16. The van der Waals surface area contributed by atoms with Crippen LogP contribution in [0.25, 0.3) is 10.9 Å². The van der Waals surface area contributed by atoms with Crippen LogP contribution >= 0.6 is 0 Å². The number of benzene rings is 2. The Morgan fingerprint density at radius 3 is 2.49 bits per heavy atom. The highest BCUT2D eigenvalue weighted by Crippen LogP contribution is 2.51. The van der Waals surface area contributed by atoms with Crippen molar-refractivity contribution in [3.8, 4) is 11.5 Å². The van der Waals surface area contributed by atoms with Crippen LogP contribution in [0.1, 0.15) is 35.7 Å². The summed E-state index contributed by atoms with van der Waals surface area (Å²) in [4.78, 5) is 17.8. The molecule has 1 aromatic heterocycles. The third kappa shape index (κ3) is 3.52. The van der Waals surface area contributed by atoms with Gasteiger partial charge in [0.2, 0.25) is 5.91 Å². The van der Waals surface area contributed by atoms with E-state index in [1.54, 1.807) is 14.2 Å². The van der Waals surface area contributed by atoms with Crippen LogP contribution in [0.3, 0.4) is 0 Å². The standard InChI is InChI=1S/C28H33N3O4/c1-29-23-12-21(35-3)9-10-22(23)25-26(29)24(14-32)31(27(33)19-7-8-19)17-28(25)15-30(16-28)13-18-5-4-6-20(11-18)34-2/h4-6,9-12,19,24,32H,7-8,13-17H2,1-3H3/t24-/m0/s1. The van der Waals surface area contributed by atoms with E-state index in [0.29, 0.717) is 6.54 Å². The Balaban J connectivity index is 1.41. The van der Waals surface area contributed by atoms with Gasteiger partial charge >= 0.3 is 0 Å². The molecule has 1 spiro atoms. The first kappa shape index (κ1) is 22.4. The summed E-state index contributed by atoms with van der Waals surface area (Å²) in [5.74, 6) is 1.99. The first-order chi connectivity index (χ1) is 17.0. The van der Waals surface area contributed by atoms with Crippen molar-refractivity contribution < 1.29 is 19.4 Å². The number of aromatic nitrogens is 1. The van der Waals surface area contributed by atoms with Gasteiger partial charge in [0.15, 0.2) is 0 Å². The molecule has 1 N–H and O–H groups in total. The van der Waals surface area contributed by atoms with Gasteiger partial charge in [0.05, 0.1) is 32.4 Å². The fourth-order valence-corrected chi connectivity index (χ4v) is 6.36. The van der Waals surface area contributed by atoms with Crippen molar-refractivity contribution in [1.29, 1.82) is 0 Å². The number of fused-ring (bicyclic) bond motifs is 4. The van der Waals surface area contributed by atoms with Gasteiger partial charge in [-0.1, -0.05) is 12.1 Å². The fourth-order valence-electron chi connectivity index (χ4n) is 6.36. The summed E-state index contributed by atoms with van der Waals surface area (Å²) in [7, 11) is 5.43. The summed E-state index contributed by atoms with van der Waals surface area (Å²) >= 11 is 0. The fraction of sp³-hybridized carbons (Fsp3) is 0.464. The van der Waals surface area contributed by atoms with Gasteiger partial charge in [-0.2, -0.15) is 0 Å². The Labute approximate surface area is 205 Å². The minimum atomic E-state index is -0.320. The lowest BCUT2D eigenvalue weighted by molar-refractivity contribution is -0.140. The van der Waals surface area contributed by atoms with Crippen LogP contribution in [0, 0.1) is 5.92 Å². The van der Waals surface area contributed by atoms with Crippen LogP contribution in [0.2, 0.25) is 0 Å². The van der Waals surface area contributed by atoms with Crippen molar-refractivity contribution in [3.63, 3.8) is 0 Å². The zero-order valence-electron chi connectivity index (χ0n) is 20.7. The van der Waals surface area contributed by atoms with Crippen LogP contribution in [0.4, 0.5) is 0 Å². The predicted octanol–water partition coefficient (Wildman–Crippen LogP) is 3.23. The molecule has 3 heterocycles. The van der Waals surface area contributed by atoms with Crippen LogP contribution < -0.4 is 9.47 Å². The van der Waals surface area contributed by atoms with E-state index in [9.17, 15) is 9.90 Å². The zero-order chi connectivity index (χ0) is 24.3. The summed E-state index contributed by atoms with van der Waals surface area (Å²) in [5, 5.41) is 11.7. The largest absolute Gasteiger partial charge is 0.497 e. The van der Waals surface area contributed by atoms with E-state index in [2.05, 4.69) is 40.8 Å². The molecular formula is C28H33N3O4. The Morgan fingerprint density at radius 2 is 1.80 bits per heavy atom. The molecular weight excluding hydrogens is 442 g/mol. The molecule has 1 atom stereocenters. The number of methoxy groups -OCH3 is 2. The van der Waals surface area contributed by atoms with E-state index in [0.717, 1.165) is 55.2 Å². The van der Waals surface area contributed by atoms with Gasteiger partial charge in [-0.15, -0.1) is 0 Å². The number of carbonyl (C=O) groups excluding carboxylic acids is 1. The minimum Gasteiger partial charge on any atom is -0.497 e. The Kier molecular flexibility index (Phi) is 5.31. The molecule has 2 fully saturated rings. The van der Waals surface area contributed by atoms with Crippen molar-refractivity contribution in [2.75, 3.05) is 40.5 Å². The van der Waals surface area contributed by atoms with Gasteiger partial charge < -0.3 is 24.0 Å². The van der Waals surface area contributed by atoms with Crippen molar-refractivity contribution >= 4 is 16.8 Å². The maximum absolute atomic E-state index is 13.4. The Morgan fingerprint density at radius 1 is 1.06 bits per heavy atom. The molecule has 0 radical (unpaired) electrons. The number of hydrogen-bond donors (Lipinski definition) is 1. The molecule has 1 amide bonds.